The number of nitrogens with zero attached hydrogens (tertiary/aromatic N) is 1. The molecule has 0 fully saturated rings. The third kappa shape index (κ3) is 3.08. The molecular weight excluding hydrogens is 260 g/mol. The van der Waals surface area contributed by atoms with E-state index in [-0.39, 0.29) is 0 Å². The van der Waals surface area contributed by atoms with Crippen LogP contribution in [0.3, 0.4) is 0 Å². The molecule has 0 unspecified atom stereocenters. The van der Waals surface area contributed by atoms with E-state index in [4.69, 9.17) is 4.74 Å². The molecule has 0 saturated heterocycles. The van der Waals surface area contributed by atoms with Gasteiger partial charge in [0.05, 0.1) is 18.7 Å². The van der Waals surface area contributed by atoms with Gasteiger partial charge in [-0.05, 0) is 38.3 Å². The smallest absolute Gasteiger partial charge is 0.0726 e. The second-order valence-corrected chi connectivity index (χ2v) is 5.58. The number of nitrogens with one attached hydrogen (secondary N) is 1. The molecule has 1 aromatic heterocycles. The number of fused-ring (bicyclic) bond motifs is 1. The van der Waals surface area contributed by atoms with Crippen LogP contribution in [0.1, 0.15) is 24.1 Å². The normalized spacial score (nSPS) is 15.0. The van der Waals surface area contributed by atoms with Crippen molar-refractivity contribution in [3.63, 3.8) is 0 Å². The zero-order chi connectivity index (χ0) is 14.7. The Kier molecular flexibility index (Phi) is 4.20. The van der Waals surface area contributed by atoms with Gasteiger partial charge in [0.25, 0.3) is 0 Å². The Labute approximate surface area is 126 Å². The Morgan fingerprint density at radius 3 is 2.90 bits per heavy atom. The molecule has 21 heavy (non-hydrogen) atoms. The predicted octanol–water partition coefficient (Wildman–Crippen LogP) is 4.00. The number of anilines is 1. The second-order valence-electron chi connectivity index (χ2n) is 5.58. The Bertz CT molecular complexity index is 676. The molecule has 3 nitrogen and oxygen atoms in total. The number of aromatic nitrogens is 1. The maximum absolute atomic E-state index is 5.35. The van der Waals surface area contributed by atoms with Crippen LogP contribution in [0.15, 0.2) is 35.9 Å². The van der Waals surface area contributed by atoms with Gasteiger partial charge < -0.3 is 10.1 Å². The van der Waals surface area contributed by atoms with Crippen molar-refractivity contribution in [2.24, 2.45) is 0 Å². The Balaban J connectivity index is 1.79. The number of benzene rings is 1. The average molecular weight is 282 g/mol. The van der Waals surface area contributed by atoms with E-state index in [1.54, 1.807) is 0 Å². The molecule has 0 aliphatic carbocycles. The van der Waals surface area contributed by atoms with Crippen LogP contribution in [0.25, 0.3) is 10.9 Å². The maximum Gasteiger partial charge on any atom is 0.0726 e. The lowest BCUT2D eigenvalue weighted by Gasteiger charge is -2.17. The lowest BCUT2D eigenvalue weighted by molar-refractivity contribution is 0.153. The Morgan fingerprint density at radius 2 is 2.10 bits per heavy atom. The van der Waals surface area contributed by atoms with Gasteiger partial charge in [-0.1, -0.05) is 29.8 Å². The Morgan fingerprint density at radius 1 is 1.24 bits per heavy atom. The molecule has 0 spiro atoms. The molecule has 0 bridgehead atoms. The largest absolute Gasteiger partial charge is 0.384 e. The standard InChI is InChI=1S/C18H22N2O/c1-13-14(2)20-17-6-4-3-5-16(17)18(13)19-10-7-15-8-11-21-12-9-15/h3-6,8H,7,9-12H2,1-2H3,(H,19,20). The zero-order valence-corrected chi connectivity index (χ0v) is 12.8. The number of hydrogen-bond acceptors (Lipinski definition) is 3. The van der Waals surface area contributed by atoms with Crippen molar-refractivity contribution < 1.29 is 4.74 Å². The van der Waals surface area contributed by atoms with E-state index >= 15 is 0 Å². The van der Waals surface area contributed by atoms with Crippen molar-refractivity contribution >= 4 is 16.6 Å². The first-order chi connectivity index (χ1) is 10.3. The van der Waals surface area contributed by atoms with Crippen LogP contribution >= 0.6 is 0 Å². The quantitative estimate of drug-likeness (QED) is 0.861. The van der Waals surface area contributed by atoms with Gasteiger partial charge in [-0.15, -0.1) is 0 Å². The first-order valence-electron chi connectivity index (χ1n) is 7.61. The fourth-order valence-corrected chi connectivity index (χ4v) is 2.80. The lowest BCUT2D eigenvalue weighted by Crippen LogP contribution is -2.10. The molecule has 110 valence electrons. The van der Waals surface area contributed by atoms with Gasteiger partial charge in [0.2, 0.25) is 0 Å². The second kappa shape index (κ2) is 6.27. The fourth-order valence-electron chi connectivity index (χ4n) is 2.80. The van der Waals surface area contributed by atoms with E-state index in [9.17, 15) is 0 Å². The van der Waals surface area contributed by atoms with Gasteiger partial charge in [-0.2, -0.15) is 0 Å². The Hall–Kier alpha value is -1.87. The highest BCUT2D eigenvalue weighted by atomic mass is 16.5. The monoisotopic (exact) mass is 282 g/mol. The van der Waals surface area contributed by atoms with Crippen LogP contribution < -0.4 is 5.32 Å². The highest BCUT2D eigenvalue weighted by Gasteiger charge is 2.09. The first kappa shape index (κ1) is 14.1. The summed E-state index contributed by atoms with van der Waals surface area (Å²) in [6.07, 6.45) is 4.36. The van der Waals surface area contributed by atoms with Gasteiger partial charge in [0, 0.05) is 23.3 Å². The minimum atomic E-state index is 0.770. The van der Waals surface area contributed by atoms with Crippen LogP contribution in [-0.4, -0.2) is 24.7 Å². The number of pyridine rings is 1. The maximum atomic E-state index is 5.35. The molecule has 0 radical (unpaired) electrons. The summed E-state index contributed by atoms with van der Waals surface area (Å²) in [5.41, 5.74) is 6.14. The van der Waals surface area contributed by atoms with Crippen molar-refractivity contribution in [1.29, 1.82) is 0 Å². The summed E-state index contributed by atoms with van der Waals surface area (Å²) in [5, 5.41) is 4.83. The molecule has 1 aliphatic heterocycles. The van der Waals surface area contributed by atoms with E-state index in [0.717, 1.165) is 43.8 Å². The number of para-hydroxylation sites is 1. The van der Waals surface area contributed by atoms with Crippen molar-refractivity contribution in [2.75, 3.05) is 25.1 Å². The summed E-state index contributed by atoms with van der Waals surface area (Å²) in [7, 11) is 0. The third-order valence-electron chi connectivity index (χ3n) is 4.18. The lowest BCUT2D eigenvalue weighted by atomic mass is 10.1. The minimum absolute atomic E-state index is 0.770. The van der Waals surface area contributed by atoms with Crippen molar-refractivity contribution in [3.8, 4) is 0 Å². The molecule has 0 saturated carbocycles. The molecule has 0 amide bonds. The molecule has 1 N–H and O–H groups in total. The van der Waals surface area contributed by atoms with Crippen molar-refractivity contribution in [1.82, 2.24) is 4.98 Å². The van der Waals surface area contributed by atoms with Crippen LogP contribution in [0.2, 0.25) is 0 Å². The summed E-state index contributed by atoms with van der Waals surface area (Å²) in [6, 6.07) is 8.34. The molecule has 0 atom stereocenters. The number of hydrogen-bond donors (Lipinski definition) is 1. The van der Waals surface area contributed by atoms with Gasteiger partial charge in [0.1, 0.15) is 0 Å². The molecule has 2 heterocycles. The summed E-state index contributed by atoms with van der Waals surface area (Å²) < 4.78 is 5.35. The highest BCUT2D eigenvalue weighted by Crippen LogP contribution is 2.27. The fraction of sp³-hybridized carbons (Fsp3) is 0.389. The summed E-state index contributed by atoms with van der Waals surface area (Å²) in [6.45, 7) is 6.81. The third-order valence-corrected chi connectivity index (χ3v) is 4.18. The van der Waals surface area contributed by atoms with E-state index in [1.165, 1.54) is 22.2 Å². The molecule has 3 heteroatoms. The summed E-state index contributed by atoms with van der Waals surface area (Å²) in [4.78, 5) is 4.67. The van der Waals surface area contributed by atoms with Crippen LogP contribution in [-0.2, 0) is 4.74 Å². The first-order valence-corrected chi connectivity index (χ1v) is 7.61. The SMILES string of the molecule is Cc1nc2ccccc2c(NCCC2=CCOCC2)c1C. The summed E-state index contributed by atoms with van der Waals surface area (Å²) >= 11 is 0. The molecular formula is C18H22N2O. The highest BCUT2D eigenvalue weighted by molar-refractivity contribution is 5.93. The van der Waals surface area contributed by atoms with E-state index in [2.05, 4.69) is 48.4 Å². The predicted molar refractivity (Wildman–Crippen MR) is 87.8 cm³/mol. The molecule has 2 aromatic rings. The number of aryl methyl sites for hydroxylation is 1. The zero-order valence-electron chi connectivity index (χ0n) is 12.8. The van der Waals surface area contributed by atoms with Gasteiger partial charge in [0.15, 0.2) is 0 Å². The van der Waals surface area contributed by atoms with Gasteiger partial charge in [-0.25, -0.2) is 0 Å². The molecule has 1 aromatic carbocycles. The van der Waals surface area contributed by atoms with Crippen LogP contribution in [0, 0.1) is 13.8 Å². The van der Waals surface area contributed by atoms with E-state index in [0.29, 0.717) is 0 Å². The van der Waals surface area contributed by atoms with Crippen LogP contribution in [0.4, 0.5) is 5.69 Å². The number of ether oxygens (including phenoxy) is 1. The van der Waals surface area contributed by atoms with Gasteiger partial charge in [-0.3, -0.25) is 4.98 Å². The average Bonchev–Trinajstić information content (AvgIpc) is 2.52. The van der Waals surface area contributed by atoms with E-state index in [1.807, 2.05) is 6.07 Å². The number of rotatable bonds is 4. The van der Waals surface area contributed by atoms with Gasteiger partial charge >= 0.3 is 0 Å². The topological polar surface area (TPSA) is 34.2 Å². The minimum Gasteiger partial charge on any atom is -0.384 e. The van der Waals surface area contributed by atoms with Crippen molar-refractivity contribution in [3.05, 3.63) is 47.2 Å². The van der Waals surface area contributed by atoms with E-state index < -0.39 is 0 Å². The molecule has 1 aliphatic rings. The van der Waals surface area contributed by atoms with Crippen molar-refractivity contribution in [2.45, 2.75) is 26.7 Å². The summed E-state index contributed by atoms with van der Waals surface area (Å²) in [5.74, 6) is 0. The van der Waals surface area contributed by atoms with Crippen LogP contribution in [0.5, 0.6) is 0 Å². The molecule has 3 rings (SSSR count).